The molecule has 1 aromatic carbocycles. The van der Waals surface area contributed by atoms with Gasteiger partial charge in [-0.05, 0) is 25.2 Å². The van der Waals surface area contributed by atoms with E-state index >= 15 is 0 Å². The molecule has 2 aromatic rings. The highest BCUT2D eigenvalue weighted by molar-refractivity contribution is 7.15. The molecule has 1 aromatic heterocycles. The van der Waals surface area contributed by atoms with Crippen molar-refractivity contribution in [2.45, 2.75) is 12.7 Å². The minimum Gasteiger partial charge on any atom is -0.378 e. The lowest BCUT2D eigenvalue weighted by molar-refractivity contribution is -0.137. The topological polar surface area (TPSA) is 31.4 Å². The third-order valence-corrected chi connectivity index (χ3v) is 5.26. The Labute approximate surface area is 153 Å². The van der Waals surface area contributed by atoms with Gasteiger partial charge in [-0.25, -0.2) is 4.98 Å². The van der Waals surface area contributed by atoms with E-state index < -0.39 is 11.7 Å². The van der Waals surface area contributed by atoms with Crippen molar-refractivity contribution in [3.8, 4) is 0 Å². The van der Waals surface area contributed by atoms with E-state index in [0.29, 0.717) is 16.7 Å². The molecular weight excluding hydrogens is 373 g/mol. The van der Waals surface area contributed by atoms with Crippen LogP contribution in [0.1, 0.15) is 10.4 Å². The van der Waals surface area contributed by atoms with Crippen molar-refractivity contribution < 1.29 is 13.2 Å². The second kappa shape index (κ2) is 7.39. The molecule has 1 aliphatic heterocycles. The second-order valence-electron chi connectivity index (χ2n) is 5.95. The Morgan fingerprint density at radius 1 is 1.24 bits per heavy atom. The van der Waals surface area contributed by atoms with Crippen molar-refractivity contribution >= 4 is 34.3 Å². The molecule has 4 nitrogen and oxygen atoms in total. The number of nitrogens with zero attached hydrogens (tertiary/aromatic N) is 3. The molecule has 0 radical (unpaired) electrons. The summed E-state index contributed by atoms with van der Waals surface area (Å²) in [5, 5.41) is 3.12. The molecule has 1 N–H and O–H groups in total. The van der Waals surface area contributed by atoms with Crippen LogP contribution >= 0.6 is 22.9 Å². The van der Waals surface area contributed by atoms with Gasteiger partial charge >= 0.3 is 6.18 Å². The first-order valence-corrected chi connectivity index (χ1v) is 9.01. The van der Waals surface area contributed by atoms with E-state index in [1.54, 1.807) is 12.3 Å². The molecule has 0 aliphatic carbocycles. The van der Waals surface area contributed by atoms with E-state index in [1.165, 1.54) is 17.4 Å². The zero-order valence-corrected chi connectivity index (χ0v) is 15.2. The van der Waals surface area contributed by atoms with Crippen molar-refractivity contribution in [1.29, 1.82) is 0 Å². The molecule has 0 saturated carbocycles. The third kappa shape index (κ3) is 4.56. The van der Waals surface area contributed by atoms with Crippen molar-refractivity contribution in [2.75, 3.05) is 43.4 Å². The first kappa shape index (κ1) is 18.3. The summed E-state index contributed by atoms with van der Waals surface area (Å²) >= 11 is 7.12. The van der Waals surface area contributed by atoms with Gasteiger partial charge in [0.25, 0.3) is 0 Å². The lowest BCUT2D eigenvalue weighted by atomic mass is 10.1. The number of hydrogen-bond donors (Lipinski definition) is 1. The minimum absolute atomic E-state index is 0.381. The average molecular weight is 391 g/mol. The highest BCUT2D eigenvalue weighted by Crippen LogP contribution is 2.36. The zero-order chi connectivity index (χ0) is 18.0. The number of nitrogens with one attached hydrogen (secondary N) is 1. The van der Waals surface area contributed by atoms with Gasteiger partial charge in [0.05, 0.1) is 23.5 Å². The number of piperazine rings is 1. The van der Waals surface area contributed by atoms with Gasteiger partial charge in [-0.1, -0.05) is 11.6 Å². The predicted octanol–water partition coefficient (Wildman–Crippen LogP) is 4.18. The molecule has 1 saturated heterocycles. The first-order chi connectivity index (χ1) is 11.8. The summed E-state index contributed by atoms with van der Waals surface area (Å²) in [5.41, 5.74) is 0.607. The van der Waals surface area contributed by atoms with Gasteiger partial charge in [0.2, 0.25) is 0 Å². The summed E-state index contributed by atoms with van der Waals surface area (Å²) in [6.45, 7) is 3.70. The fourth-order valence-electron chi connectivity index (χ4n) is 2.72. The Balaban J connectivity index is 1.85. The monoisotopic (exact) mass is 390 g/mol. The third-order valence-electron chi connectivity index (χ3n) is 4.15. The molecule has 2 heterocycles. The van der Waals surface area contributed by atoms with Crippen LogP contribution in [0.3, 0.4) is 0 Å². The van der Waals surface area contributed by atoms with Crippen LogP contribution in [0.25, 0.3) is 0 Å². The molecule has 3 rings (SSSR count). The van der Waals surface area contributed by atoms with E-state index in [2.05, 4.69) is 20.1 Å². The molecule has 9 heteroatoms. The summed E-state index contributed by atoms with van der Waals surface area (Å²) in [6.07, 6.45) is -2.74. The molecule has 0 bridgehead atoms. The molecule has 136 valence electrons. The van der Waals surface area contributed by atoms with Crippen LogP contribution in [0, 0.1) is 0 Å². The SMILES string of the molecule is CN1CCN(c2ccc(C(F)(F)F)cc2NCc2cnc(Cl)s2)CC1. The van der Waals surface area contributed by atoms with Gasteiger partial charge in [0.1, 0.15) is 0 Å². The molecule has 1 fully saturated rings. The van der Waals surface area contributed by atoms with Crippen LogP contribution in [-0.4, -0.2) is 43.1 Å². The number of rotatable bonds is 4. The maximum absolute atomic E-state index is 13.1. The van der Waals surface area contributed by atoms with Gasteiger partial charge in [-0.15, -0.1) is 11.3 Å². The Morgan fingerprint density at radius 2 is 1.96 bits per heavy atom. The van der Waals surface area contributed by atoms with Crippen LogP contribution in [0.5, 0.6) is 0 Å². The Morgan fingerprint density at radius 3 is 2.56 bits per heavy atom. The van der Waals surface area contributed by atoms with E-state index in [0.717, 1.165) is 42.8 Å². The highest BCUT2D eigenvalue weighted by Gasteiger charge is 2.31. The summed E-state index contributed by atoms with van der Waals surface area (Å²) < 4.78 is 39.7. The standard InChI is InChI=1S/C16H18ClF3N4S/c1-23-4-6-24(7-5-23)14-3-2-11(16(18,19)20)8-13(14)21-9-12-10-22-15(17)25-12/h2-3,8,10,21H,4-7,9H2,1H3. The summed E-state index contributed by atoms with van der Waals surface area (Å²) in [7, 11) is 2.04. The average Bonchev–Trinajstić information content (AvgIpc) is 2.98. The highest BCUT2D eigenvalue weighted by atomic mass is 35.5. The second-order valence-corrected chi connectivity index (χ2v) is 7.65. The maximum Gasteiger partial charge on any atom is 0.416 e. The molecule has 0 spiro atoms. The molecule has 1 aliphatic rings. The molecule has 0 amide bonds. The van der Waals surface area contributed by atoms with Gasteiger partial charge in [-0.3, -0.25) is 0 Å². The summed E-state index contributed by atoms with van der Waals surface area (Å²) in [6, 6.07) is 3.87. The summed E-state index contributed by atoms with van der Waals surface area (Å²) in [5.74, 6) is 0. The normalized spacial score (nSPS) is 16.3. The van der Waals surface area contributed by atoms with Crippen LogP contribution in [0.4, 0.5) is 24.5 Å². The quantitative estimate of drug-likeness (QED) is 0.848. The molecule has 0 unspecified atom stereocenters. The van der Waals surface area contributed by atoms with Crippen LogP contribution < -0.4 is 10.2 Å². The Hall–Kier alpha value is -1.51. The van der Waals surface area contributed by atoms with E-state index in [9.17, 15) is 13.2 Å². The number of hydrogen-bond acceptors (Lipinski definition) is 5. The Kier molecular flexibility index (Phi) is 5.41. The number of likely N-dealkylation sites (N-methyl/N-ethyl adjacent to an activating group) is 1. The van der Waals surface area contributed by atoms with Crippen molar-refractivity contribution in [3.63, 3.8) is 0 Å². The van der Waals surface area contributed by atoms with Gasteiger partial charge < -0.3 is 15.1 Å². The molecular formula is C16H18ClF3N4S. The smallest absolute Gasteiger partial charge is 0.378 e. The molecule has 25 heavy (non-hydrogen) atoms. The zero-order valence-electron chi connectivity index (χ0n) is 13.6. The number of aromatic nitrogens is 1. The minimum atomic E-state index is -4.37. The lowest BCUT2D eigenvalue weighted by Gasteiger charge is -2.35. The van der Waals surface area contributed by atoms with Crippen molar-refractivity contribution in [3.05, 3.63) is 39.3 Å². The number of thiazole rings is 1. The summed E-state index contributed by atoms with van der Waals surface area (Å²) in [4.78, 5) is 9.14. The van der Waals surface area contributed by atoms with E-state index in [1.807, 2.05) is 7.05 Å². The van der Waals surface area contributed by atoms with Crippen molar-refractivity contribution in [1.82, 2.24) is 9.88 Å². The Bertz CT molecular complexity index is 726. The number of halogens is 4. The number of anilines is 2. The van der Waals surface area contributed by atoms with E-state index in [4.69, 9.17) is 11.6 Å². The van der Waals surface area contributed by atoms with Crippen LogP contribution in [0.2, 0.25) is 4.47 Å². The van der Waals surface area contributed by atoms with Crippen LogP contribution in [0.15, 0.2) is 24.4 Å². The predicted molar refractivity (Wildman–Crippen MR) is 95.6 cm³/mol. The number of benzene rings is 1. The van der Waals surface area contributed by atoms with Gasteiger partial charge in [0.15, 0.2) is 4.47 Å². The maximum atomic E-state index is 13.1. The van der Waals surface area contributed by atoms with Crippen LogP contribution in [-0.2, 0) is 12.7 Å². The van der Waals surface area contributed by atoms with Gasteiger partial charge in [0, 0.05) is 37.3 Å². The number of alkyl halides is 3. The fourth-order valence-corrected chi connectivity index (χ4v) is 3.64. The molecule has 0 atom stereocenters. The first-order valence-electron chi connectivity index (χ1n) is 7.82. The van der Waals surface area contributed by atoms with E-state index in [-0.39, 0.29) is 0 Å². The van der Waals surface area contributed by atoms with Gasteiger partial charge in [-0.2, -0.15) is 13.2 Å². The fraction of sp³-hybridized carbons (Fsp3) is 0.438. The largest absolute Gasteiger partial charge is 0.416 e. The van der Waals surface area contributed by atoms with Crippen molar-refractivity contribution in [2.24, 2.45) is 0 Å². The lowest BCUT2D eigenvalue weighted by Crippen LogP contribution is -2.44.